The van der Waals surface area contributed by atoms with E-state index in [-0.39, 0.29) is 17.7 Å². The summed E-state index contributed by atoms with van der Waals surface area (Å²) >= 11 is 6.14. The van der Waals surface area contributed by atoms with Crippen LogP contribution in [0, 0.1) is 0 Å². The first-order valence-electron chi connectivity index (χ1n) is 14.3. The van der Waals surface area contributed by atoms with Gasteiger partial charge in [0.05, 0.1) is 25.6 Å². The molecule has 11 heteroatoms. The largest absolute Gasteiger partial charge is 0.493 e. The zero-order valence-corrected chi connectivity index (χ0v) is 25.2. The molecule has 0 unspecified atom stereocenters. The lowest BCUT2D eigenvalue weighted by Gasteiger charge is -2.29. The molecule has 0 bridgehead atoms. The molecule has 0 aliphatic carbocycles. The molecule has 0 spiro atoms. The standard InChI is InChI=1S/C32H36ClN5O5/c1-42-28-10-8-24(21-29(28)43-2)32(41)37-14-4-13-36(17-18-37)27-9-7-23(31(40)38-15-11-34-12-16-38)20-26(27)35-30(39)22-5-3-6-25(33)19-22/h3,5-10,19-21,34H,4,11-18H2,1-2H3,(H,35,39). The number of nitrogens with one attached hydrogen (secondary N) is 2. The van der Waals surface area contributed by atoms with Crippen molar-refractivity contribution in [1.29, 1.82) is 0 Å². The van der Waals surface area contributed by atoms with E-state index in [1.165, 1.54) is 0 Å². The number of piperazine rings is 1. The summed E-state index contributed by atoms with van der Waals surface area (Å²) in [7, 11) is 3.10. The quantitative estimate of drug-likeness (QED) is 0.420. The molecular formula is C32H36ClN5O5. The minimum Gasteiger partial charge on any atom is -0.493 e. The highest BCUT2D eigenvalue weighted by molar-refractivity contribution is 6.31. The zero-order chi connectivity index (χ0) is 30.3. The average molecular weight is 606 g/mol. The molecule has 3 amide bonds. The first-order valence-corrected chi connectivity index (χ1v) is 14.7. The van der Waals surface area contributed by atoms with E-state index in [4.69, 9.17) is 21.1 Å². The maximum absolute atomic E-state index is 13.4. The monoisotopic (exact) mass is 605 g/mol. The molecule has 0 atom stereocenters. The predicted octanol–water partition coefficient (Wildman–Crippen LogP) is 4.01. The molecule has 2 fully saturated rings. The van der Waals surface area contributed by atoms with Crippen molar-refractivity contribution in [2.75, 3.05) is 76.8 Å². The van der Waals surface area contributed by atoms with E-state index in [0.29, 0.717) is 78.2 Å². The second-order valence-electron chi connectivity index (χ2n) is 10.4. The van der Waals surface area contributed by atoms with Crippen LogP contribution in [-0.4, -0.2) is 94.1 Å². The Bertz CT molecular complexity index is 1490. The fourth-order valence-corrected chi connectivity index (χ4v) is 5.62. The van der Waals surface area contributed by atoms with Crippen molar-refractivity contribution in [3.05, 3.63) is 82.4 Å². The van der Waals surface area contributed by atoms with E-state index < -0.39 is 0 Å². The molecule has 3 aromatic carbocycles. The summed E-state index contributed by atoms with van der Waals surface area (Å²) in [6, 6.07) is 17.3. The molecule has 3 aromatic rings. The van der Waals surface area contributed by atoms with E-state index in [9.17, 15) is 14.4 Å². The van der Waals surface area contributed by atoms with E-state index in [0.717, 1.165) is 25.2 Å². The third kappa shape index (κ3) is 7.03. The van der Waals surface area contributed by atoms with Gasteiger partial charge >= 0.3 is 0 Å². The van der Waals surface area contributed by atoms with E-state index >= 15 is 0 Å². The Balaban J connectivity index is 1.38. The van der Waals surface area contributed by atoms with Gasteiger partial charge in [0.1, 0.15) is 0 Å². The number of methoxy groups -OCH3 is 2. The third-order valence-corrected chi connectivity index (χ3v) is 7.97. The lowest BCUT2D eigenvalue weighted by Crippen LogP contribution is -2.46. The number of carbonyl (C=O) groups excluding carboxylic acids is 3. The second kappa shape index (κ2) is 13.8. The highest BCUT2D eigenvalue weighted by Gasteiger charge is 2.25. The Morgan fingerprint density at radius 2 is 1.44 bits per heavy atom. The molecular weight excluding hydrogens is 570 g/mol. The van der Waals surface area contributed by atoms with Crippen LogP contribution in [0.5, 0.6) is 11.5 Å². The van der Waals surface area contributed by atoms with Crippen LogP contribution in [0.15, 0.2) is 60.7 Å². The molecule has 5 rings (SSSR count). The van der Waals surface area contributed by atoms with Gasteiger partial charge in [0.15, 0.2) is 11.5 Å². The fourth-order valence-electron chi connectivity index (χ4n) is 5.43. The molecule has 2 heterocycles. The second-order valence-corrected chi connectivity index (χ2v) is 10.9. The predicted molar refractivity (Wildman–Crippen MR) is 167 cm³/mol. The molecule has 43 heavy (non-hydrogen) atoms. The molecule has 2 saturated heterocycles. The van der Waals surface area contributed by atoms with Crippen LogP contribution in [0.1, 0.15) is 37.5 Å². The van der Waals surface area contributed by atoms with Gasteiger partial charge in [-0.15, -0.1) is 0 Å². The van der Waals surface area contributed by atoms with Gasteiger partial charge in [0.2, 0.25) is 0 Å². The van der Waals surface area contributed by atoms with Crippen LogP contribution >= 0.6 is 11.6 Å². The molecule has 2 aliphatic rings. The molecule has 226 valence electrons. The van der Waals surface area contributed by atoms with Crippen molar-refractivity contribution < 1.29 is 23.9 Å². The summed E-state index contributed by atoms with van der Waals surface area (Å²) < 4.78 is 10.7. The number of ether oxygens (including phenoxy) is 2. The number of benzene rings is 3. The van der Waals surface area contributed by atoms with Crippen LogP contribution < -0.4 is 25.0 Å². The van der Waals surface area contributed by atoms with Crippen molar-refractivity contribution >= 4 is 40.7 Å². The van der Waals surface area contributed by atoms with Crippen molar-refractivity contribution in [1.82, 2.24) is 15.1 Å². The Kier molecular flexibility index (Phi) is 9.68. The summed E-state index contributed by atoms with van der Waals surface area (Å²) in [4.78, 5) is 45.8. The summed E-state index contributed by atoms with van der Waals surface area (Å²) in [6.07, 6.45) is 0.724. The number of rotatable bonds is 7. The normalized spacial score (nSPS) is 15.5. The number of carbonyl (C=O) groups is 3. The van der Waals surface area contributed by atoms with Gasteiger partial charge in [-0.1, -0.05) is 17.7 Å². The van der Waals surface area contributed by atoms with Crippen LogP contribution in [0.2, 0.25) is 5.02 Å². The van der Waals surface area contributed by atoms with Crippen molar-refractivity contribution in [3.63, 3.8) is 0 Å². The third-order valence-electron chi connectivity index (χ3n) is 7.74. The molecule has 2 aliphatic heterocycles. The van der Waals surface area contributed by atoms with Crippen LogP contribution in [-0.2, 0) is 0 Å². The van der Waals surface area contributed by atoms with Gasteiger partial charge in [0.25, 0.3) is 17.7 Å². The van der Waals surface area contributed by atoms with Crippen molar-refractivity contribution in [3.8, 4) is 11.5 Å². The fraction of sp³-hybridized carbons (Fsp3) is 0.344. The van der Waals surface area contributed by atoms with Gasteiger partial charge < -0.3 is 34.8 Å². The number of hydrogen-bond acceptors (Lipinski definition) is 7. The lowest BCUT2D eigenvalue weighted by atomic mass is 10.1. The highest BCUT2D eigenvalue weighted by atomic mass is 35.5. The van der Waals surface area contributed by atoms with Crippen LogP contribution in [0.4, 0.5) is 11.4 Å². The Morgan fingerprint density at radius 1 is 0.744 bits per heavy atom. The topological polar surface area (TPSA) is 103 Å². The smallest absolute Gasteiger partial charge is 0.255 e. The van der Waals surface area contributed by atoms with Crippen molar-refractivity contribution in [2.24, 2.45) is 0 Å². The molecule has 10 nitrogen and oxygen atoms in total. The number of hydrogen-bond donors (Lipinski definition) is 2. The molecule has 0 saturated carbocycles. The first kappa shape index (κ1) is 30.2. The van der Waals surface area contributed by atoms with Gasteiger partial charge in [-0.2, -0.15) is 0 Å². The SMILES string of the molecule is COc1ccc(C(=O)N2CCCN(c3ccc(C(=O)N4CCNCC4)cc3NC(=O)c3cccc(Cl)c3)CC2)cc1OC. The summed E-state index contributed by atoms with van der Waals surface area (Å²) in [5.74, 6) is 0.575. The van der Waals surface area contributed by atoms with Crippen LogP contribution in [0.25, 0.3) is 0 Å². The number of nitrogens with zero attached hydrogens (tertiary/aromatic N) is 3. The first-order chi connectivity index (χ1) is 20.9. The van der Waals surface area contributed by atoms with Crippen LogP contribution in [0.3, 0.4) is 0 Å². The Morgan fingerprint density at radius 3 is 2.16 bits per heavy atom. The summed E-state index contributed by atoms with van der Waals surface area (Å²) in [6.45, 7) is 5.01. The number of halogens is 1. The van der Waals surface area contributed by atoms with Gasteiger partial charge in [-0.25, -0.2) is 0 Å². The van der Waals surface area contributed by atoms with E-state index in [1.54, 1.807) is 62.8 Å². The molecule has 0 aromatic heterocycles. The Hall–Kier alpha value is -4.28. The van der Waals surface area contributed by atoms with Gasteiger partial charge in [-0.3, -0.25) is 14.4 Å². The number of amides is 3. The lowest BCUT2D eigenvalue weighted by molar-refractivity contribution is 0.0734. The minimum absolute atomic E-state index is 0.0751. The maximum atomic E-state index is 13.4. The number of anilines is 2. The molecule has 2 N–H and O–H groups in total. The van der Waals surface area contributed by atoms with E-state index in [2.05, 4.69) is 15.5 Å². The van der Waals surface area contributed by atoms with Crippen molar-refractivity contribution in [2.45, 2.75) is 6.42 Å². The highest BCUT2D eigenvalue weighted by Crippen LogP contribution is 2.31. The summed E-state index contributed by atoms with van der Waals surface area (Å²) in [5.41, 5.74) is 2.77. The van der Waals surface area contributed by atoms with Gasteiger partial charge in [-0.05, 0) is 61.0 Å². The summed E-state index contributed by atoms with van der Waals surface area (Å²) in [5, 5.41) is 6.75. The van der Waals surface area contributed by atoms with E-state index in [1.807, 2.05) is 21.9 Å². The molecule has 0 radical (unpaired) electrons. The Labute approximate surface area is 256 Å². The zero-order valence-electron chi connectivity index (χ0n) is 24.4. The minimum atomic E-state index is -0.324. The average Bonchev–Trinajstić information content (AvgIpc) is 3.30. The van der Waals surface area contributed by atoms with Gasteiger partial charge in [0, 0.05) is 74.1 Å². The maximum Gasteiger partial charge on any atom is 0.255 e.